The van der Waals surface area contributed by atoms with Gasteiger partial charge in [0.1, 0.15) is 5.88 Å². The number of anilines is 1. The summed E-state index contributed by atoms with van der Waals surface area (Å²) >= 11 is 5.29. The minimum absolute atomic E-state index is 0.0725. The van der Waals surface area contributed by atoms with Crippen LogP contribution in [0.2, 0.25) is 0 Å². The third kappa shape index (κ3) is 3.51. The van der Waals surface area contributed by atoms with E-state index in [2.05, 4.69) is 10.3 Å². The van der Waals surface area contributed by atoms with Gasteiger partial charge in [-0.2, -0.15) is 0 Å². The molecule has 1 aromatic rings. The van der Waals surface area contributed by atoms with E-state index in [1.54, 1.807) is 31.6 Å². The molecule has 0 aromatic carbocycles. The highest BCUT2D eigenvalue weighted by atomic mass is 35.5. The van der Waals surface area contributed by atoms with Gasteiger partial charge in [-0.05, 0) is 12.1 Å². The van der Waals surface area contributed by atoms with Crippen LogP contribution in [-0.4, -0.2) is 36.3 Å². The Hall–Kier alpha value is -1.62. The molecule has 0 aliphatic carbocycles. The first-order valence-corrected chi connectivity index (χ1v) is 5.18. The molecular formula is C10H12ClN3O2. The van der Waals surface area contributed by atoms with Crippen LogP contribution < -0.4 is 10.2 Å². The number of pyridine rings is 1. The van der Waals surface area contributed by atoms with E-state index in [0.717, 1.165) is 0 Å². The van der Waals surface area contributed by atoms with Crippen molar-refractivity contribution < 1.29 is 9.59 Å². The number of aromatic nitrogens is 1. The number of rotatable bonds is 4. The number of likely N-dealkylation sites (N-methyl/N-ethyl adjacent to an activating group) is 1. The highest BCUT2D eigenvalue weighted by Gasteiger charge is 2.11. The molecule has 6 heteroatoms. The second kappa shape index (κ2) is 6.07. The predicted molar refractivity (Wildman–Crippen MR) is 61.4 cm³/mol. The number of alkyl halides is 1. The lowest BCUT2D eigenvalue weighted by atomic mass is 10.3. The molecule has 0 saturated carbocycles. The lowest BCUT2D eigenvalue weighted by Crippen LogP contribution is -2.38. The number of carbonyl (C=O) groups excluding carboxylic acids is 2. The molecule has 2 amide bonds. The van der Waals surface area contributed by atoms with Crippen molar-refractivity contribution in [3.8, 4) is 0 Å². The van der Waals surface area contributed by atoms with Crippen LogP contribution in [0.1, 0.15) is 0 Å². The van der Waals surface area contributed by atoms with Crippen LogP contribution in [0.4, 0.5) is 5.69 Å². The summed E-state index contributed by atoms with van der Waals surface area (Å²) in [5, 5.41) is 2.40. The molecule has 0 saturated heterocycles. The largest absolute Gasteiger partial charge is 0.346 e. The maximum absolute atomic E-state index is 11.6. The minimum Gasteiger partial charge on any atom is -0.346 e. The first-order chi connectivity index (χ1) is 7.65. The number of amides is 2. The van der Waals surface area contributed by atoms with E-state index in [1.807, 2.05) is 0 Å². The maximum Gasteiger partial charge on any atom is 0.246 e. The fourth-order valence-electron chi connectivity index (χ4n) is 1.04. The van der Waals surface area contributed by atoms with Gasteiger partial charge in [0.2, 0.25) is 11.8 Å². The lowest BCUT2D eigenvalue weighted by Gasteiger charge is -2.16. The number of nitrogens with one attached hydrogen (secondary N) is 1. The van der Waals surface area contributed by atoms with Gasteiger partial charge in [0.15, 0.2) is 0 Å². The summed E-state index contributed by atoms with van der Waals surface area (Å²) in [6, 6.07) is 3.49. The Morgan fingerprint density at radius 3 is 2.88 bits per heavy atom. The quantitative estimate of drug-likeness (QED) is 0.777. The minimum atomic E-state index is -0.366. The topological polar surface area (TPSA) is 62.3 Å². The number of halogens is 1. The predicted octanol–water partition coefficient (Wildman–Crippen LogP) is 0.399. The Labute approximate surface area is 98.4 Å². The molecule has 0 spiro atoms. The molecule has 0 aliphatic rings. The van der Waals surface area contributed by atoms with Crippen molar-refractivity contribution in [2.75, 3.05) is 24.4 Å². The van der Waals surface area contributed by atoms with Crippen molar-refractivity contribution in [3.05, 3.63) is 24.5 Å². The van der Waals surface area contributed by atoms with E-state index < -0.39 is 0 Å². The zero-order chi connectivity index (χ0) is 12.0. The van der Waals surface area contributed by atoms with Crippen LogP contribution in [-0.2, 0) is 9.59 Å². The van der Waals surface area contributed by atoms with Crippen molar-refractivity contribution in [1.82, 2.24) is 10.3 Å². The van der Waals surface area contributed by atoms with Gasteiger partial charge in [0.05, 0.1) is 18.4 Å². The van der Waals surface area contributed by atoms with Gasteiger partial charge in [-0.1, -0.05) is 0 Å². The SMILES string of the molecule is CN(C(=O)CNC(=O)CCl)c1cccnc1. The van der Waals surface area contributed by atoms with Crippen molar-refractivity contribution >= 4 is 29.1 Å². The molecule has 16 heavy (non-hydrogen) atoms. The summed E-state index contributed by atoms with van der Waals surface area (Å²) in [7, 11) is 1.62. The summed E-state index contributed by atoms with van der Waals surface area (Å²) in [5.74, 6) is -0.745. The van der Waals surface area contributed by atoms with Gasteiger partial charge in [-0.3, -0.25) is 14.6 Å². The molecule has 5 nitrogen and oxygen atoms in total. The van der Waals surface area contributed by atoms with E-state index in [0.29, 0.717) is 5.69 Å². The highest BCUT2D eigenvalue weighted by molar-refractivity contribution is 6.27. The van der Waals surface area contributed by atoms with Crippen molar-refractivity contribution in [3.63, 3.8) is 0 Å². The molecule has 0 unspecified atom stereocenters. The van der Waals surface area contributed by atoms with E-state index in [4.69, 9.17) is 11.6 Å². The van der Waals surface area contributed by atoms with Crippen LogP contribution in [0, 0.1) is 0 Å². The van der Waals surface area contributed by atoms with Gasteiger partial charge in [0.25, 0.3) is 0 Å². The molecule has 0 fully saturated rings. The summed E-state index contributed by atoms with van der Waals surface area (Å²) in [4.78, 5) is 27.8. The summed E-state index contributed by atoms with van der Waals surface area (Å²) in [6.07, 6.45) is 3.19. The van der Waals surface area contributed by atoms with Crippen LogP contribution in [0.15, 0.2) is 24.5 Å². The van der Waals surface area contributed by atoms with Crippen molar-refractivity contribution in [2.24, 2.45) is 0 Å². The molecule has 0 radical (unpaired) electrons. The Balaban J connectivity index is 2.52. The van der Waals surface area contributed by atoms with Crippen molar-refractivity contribution in [2.45, 2.75) is 0 Å². The zero-order valence-electron chi connectivity index (χ0n) is 8.81. The van der Waals surface area contributed by atoms with Crippen LogP contribution >= 0.6 is 11.6 Å². The maximum atomic E-state index is 11.6. The van der Waals surface area contributed by atoms with E-state index in [9.17, 15) is 9.59 Å². The van der Waals surface area contributed by atoms with Gasteiger partial charge < -0.3 is 10.2 Å². The number of hydrogen-bond donors (Lipinski definition) is 1. The van der Waals surface area contributed by atoms with Crippen LogP contribution in [0.5, 0.6) is 0 Å². The van der Waals surface area contributed by atoms with Crippen LogP contribution in [0.3, 0.4) is 0 Å². The van der Waals surface area contributed by atoms with Gasteiger partial charge in [-0.25, -0.2) is 0 Å². The molecule has 86 valence electrons. The normalized spacial score (nSPS) is 9.62. The molecule has 1 rings (SSSR count). The Morgan fingerprint density at radius 2 is 2.31 bits per heavy atom. The molecule has 1 N–H and O–H groups in total. The fraction of sp³-hybridized carbons (Fsp3) is 0.300. The van der Waals surface area contributed by atoms with E-state index in [-0.39, 0.29) is 24.2 Å². The smallest absolute Gasteiger partial charge is 0.246 e. The standard InChI is InChI=1S/C10H12ClN3O2/c1-14(8-3-2-4-12-6-8)10(16)7-13-9(15)5-11/h2-4,6H,5,7H2,1H3,(H,13,15). The number of carbonyl (C=O) groups is 2. The third-order valence-electron chi connectivity index (χ3n) is 1.97. The van der Waals surface area contributed by atoms with E-state index >= 15 is 0 Å². The van der Waals surface area contributed by atoms with Crippen molar-refractivity contribution in [1.29, 1.82) is 0 Å². The zero-order valence-corrected chi connectivity index (χ0v) is 9.57. The van der Waals surface area contributed by atoms with Gasteiger partial charge >= 0.3 is 0 Å². The van der Waals surface area contributed by atoms with E-state index in [1.165, 1.54) is 4.90 Å². The summed E-state index contributed by atoms with van der Waals surface area (Å²) < 4.78 is 0. The summed E-state index contributed by atoms with van der Waals surface area (Å²) in [5.41, 5.74) is 0.674. The fourth-order valence-corrected chi connectivity index (χ4v) is 1.13. The number of nitrogens with zero attached hydrogens (tertiary/aromatic N) is 2. The monoisotopic (exact) mass is 241 g/mol. The molecule has 0 aliphatic heterocycles. The highest BCUT2D eigenvalue weighted by Crippen LogP contribution is 2.08. The van der Waals surface area contributed by atoms with Crippen LogP contribution in [0.25, 0.3) is 0 Å². The van der Waals surface area contributed by atoms with Gasteiger partial charge in [-0.15, -0.1) is 11.6 Å². The molecule has 1 heterocycles. The molecular weight excluding hydrogens is 230 g/mol. The first-order valence-electron chi connectivity index (χ1n) is 4.64. The lowest BCUT2D eigenvalue weighted by molar-refractivity contribution is -0.123. The Kier molecular flexibility index (Phi) is 4.72. The first kappa shape index (κ1) is 12.4. The second-order valence-corrected chi connectivity index (χ2v) is 3.34. The summed E-state index contributed by atoms with van der Waals surface area (Å²) in [6.45, 7) is -0.0725. The third-order valence-corrected chi connectivity index (χ3v) is 2.21. The number of hydrogen-bond acceptors (Lipinski definition) is 3. The second-order valence-electron chi connectivity index (χ2n) is 3.07. The molecule has 1 aromatic heterocycles. The molecule has 0 bridgehead atoms. The Morgan fingerprint density at radius 1 is 1.56 bits per heavy atom. The average molecular weight is 242 g/mol. The Bertz CT molecular complexity index is 370. The van der Waals surface area contributed by atoms with Gasteiger partial charge in [0, 0.05) is 13.2 Å². The average Bonchev–Trinajstić information content (AvgIpc) is 2.35. The molecule has 0 atom stereocenters.